The van der Waals surface area contributed by atoms with Crippen LogP contribution in [0.15, 0.2) is 60.7 Å². The maximum absolute atomic E-state index is 12.0. The molecule has 8 nitrogen and oxygen atoms in total. The molecule has 2 unspecified atom stereocenters. The number of hydrogen-bond acceptors (Lipinski definition) is 6. The molecule has 1 heterocycles. The van der Waals surface area contributed by atoms with Crippen molar-refractivity contribution < 1.29 is 23.5 Å². The fourth-order valence-electron chi connectivity index (χ4n) is 4.56. The summed E-state index contributed by atoms with van der Waals surface area (Å²) >= 11 is -2.54. The van der Waals surface area contributed by atoms with Gasteiger partial charge in [0.05, 0.1) is 6.42 Å². The standard InChI is InChI=1S/C28H29N3O5S/c1-20(18-28(33)34)31(37(35)36)30-16-14-29(15-17-30)25-12-9-22(10-13-25)6-7-23-8-11-24-4-3-5-26(21(2)32)27(24)19-23/h3-5,8-13,19-20H,14-18H2,1-2H3,(H,33,34)(H,35,36)/p-1. The minimum Gasteiger partial charge on any atom is -0.759 e. The van der Waals surface area contributed by atoms with Gasteiger partial charge in [-0.15, -0.1) is 0 Å². The largest absolute Gasteiger partial charge is 0.759 e. The van der Waals surface area contributed by atoms with Crippen LogP contribution in [0.5, 0.6) is 0 Å². The maximum atomic E-state index is 12.0. The van der Waals surface area contributed by atoms with Crippen molar-refractivity contribution in [3.8, 4) is 11.8 Å². The van der Waals surface area contributed by atoms with E-state index in [0.717, 1.165) is 32.0 Å². The van der Waals surface area contributed by atoms with E-state index in [-0.39, 0.29) is 12.2 Å². The lowest BCUT2D eigenvalue weighted by Crippen LogP contribution is -2.57. The molecule has 1 N–H and O–H groups in total. The highest BCUT2D eigenvalue weighted by atomic mass is 32.2. The van der Waals surface area contributed by atoms with Crippen LogP contribution in [-0.2, 0) is 16.1 Å². The van der Waals surface area contributed by atoms with E-state index in [1.54, 1.807) is 18.9 Å². The number of Topliss-reactive ketones (excluding diaryl/α,β-unsaturated/α-hetero) is 1. The van der Waals surface area contributed by atoms with Crippen molar-refractivity contribution in [1.82, 2.24) is 9.42 Å². The maximum Gasteiger partial charge on any atom is 0.305 e. The molecule has 3 aromatic rings. The highest BCUT2D eigenvalue weighted by molar-refractivity contribution is 7.76. The van der Waals surface area contributed by atoms with E-state index < -0.39 is 23.3 Å². The SMILES string of the molecule is CC(=O)c1cccc2ccc(C#Cc3ccc(N4CCN(N(C(C)CC(=O)O)S(=O)[O-])CC4)cc3)cc12. The molecule has 3 aromatic carbocycles. The van der Waals surface area contributed by atoms with Gasteiger partial charge in [0.1, 0.15) is 0 Å². The van der Waals surface area contributed by atoms with Gasteiger partial charge in [-0.3, -0.25) is 13.8 Å². The Kier molecular flexibility index (Phi) is 8.36. The first-order valence-electron chi connectivity index (χ1n) is 12.0. The summed E-state index contributed by atoms with van der Waals surface area (Å²) in [4.78, 5) is 25.2. The number of carbonyl (C=O) groups excluding carboxylic acids is 1. The second-order valence-corrected chi connectivity index (χ2v) is 9.81. The molecule has 0 aliphatic carbocycles. The van der Waals surface area contributed by atoms with Crippen LogP contribution in [0.2, 0.25) is 0 Å². The Hall–Kier alpha value is -3.55. The predicted octanol–water partition coefficient (Wildman–Crippen LogP) is 3.44. The Morgan fingerprint density at radius 2 is 1.68 bits per heavy atom. The Balaban J connectivity index is 1.42. The van der Waals surface area contributed by atoms with Crippen molar-refractivity contribution >= 4 is 39.5 Å². The van der Waals surface area contributed by atoms with Gasteiger partial charge in [-0.1, -0.05) is 36.1 Å². The number of piperazine rings is 1. The van der Waals surface area contributed by atoms with Crippen LogP contribution in [0.4, 0.5) is 5.69 Å². The second-order valence-electron chi connectivity index (χ2n) is 9.00. The van der Waals surface area contributed by atoms with Gasteiger partial charge in [0.15, 0.2) is 5.78 Å². The van der Waals surface area contributed by atoms with Crippen LogP contribution in [0.3, 0.4) is 0 Å². The van der Waals surface area contributed by atoms with E-state index in [0.29, 0.717) is 31.7 Å². The van der Waals surface area contributed by atoms with Crippen LogP contribution in [-0.4, -0.2) is 67.3 Å². The van der Waals surface area contributed by atoms with Gasteiger partial charge >= 0.3 is 5.97 Å². The van der Waals surface area contributed by atoms with Crippen molar-refractivity contribution in [3.63, 3.8) is 0 Å². The number of fused-ring (bicyclic) bond motifs is 1. The topological polar surface area (TPSA) is 104 Å². The van der Waals surface area contributed by atoms with Crippen molar-refractivity contribution in [2.24, 2.45) is 0 Å². The molecule has 0 aromatic heterocycles. The highest BCUT2D eigenvalue weighted by Gasteiger charge is 2.28. The van der Waals surface area contributed by atoms with Crippen LogP contribution in [0, 0.1) is 11.8 Å². The molecule has 9 heteroatoms. The zero-order chi connectivity index (χ0) is 26.5. The third-order valence-electron chi connectivity index (χ3n) is 6.38. The molecule has 0 radical (unpaired) electrons. The molecule has 0 bridgehead atoms. The number of nitrogens with zero attached hydrogens (tertiary/aromatic N) is 3. The lowest BCUT2D eigenvalue weighted by atomic mass is 10.00. The first-order chi connectivity index (χ1) is 17.7. The molecule has 1 aliphatic heterocycles. The summed E-state index contributed by atoms with van der Waals surface area (Å²) in [6.45, 7) is 5.29. The summed E-state index contributed by atoms with van der Waals surface area (Å²) in [5, 5.41) is 12.6. The molecule has 2 atom stereocenters. The van der Waals surface area contributed by atoms with E-state index in [9.17, 15) is 18.4 Å². The molecule has 1 saturated heterocycles. The number of anilines is 1. The fraction of sp³-hybridized carbons (Fsp3) is 0.286. The zero-order valence-corrected chi connectivity index (χ0v) is 21.5. The van der Waals surface area contributed by atoms with Gasteiger partial charge in [0.2, 0.25) is 0 Å². The van der Waals surface area contributed by atoms with Crippen LogP contribution in [0.25, 0.3) is 10.8 Å². The number of aliphatic carboxylic acids is 1. The number of ketones is 1. The quantitative estimate of drug-likeness (QED) is 0.290. The molecule has 0 spiro atoms. The van der Waals surface area contributed by atoms with Crippen LogP contribution in [0.1, 0.15) is 41.8 Å². The third kappa shape index (κ3) is 6.42. The Morgan fingerprint density at radius 1 is 1.03 bits per heavy atom. The molecule has 0 saturated carbocycles. The van der Waals surface area contributed by atoms with Gasteiger partial charge in [-0.05, 0) is 61.0 Å². The summed E-state index contributed by atoms with van der Waals surface area (Å²) in [7, 11) is 0. The molecular formula is C28H28N3O5S-. The predicted molar refractivity (Wildman–Crippen MR) is 143 cm³/mol. The summed E-state index contributed by atoms with van der Waals surface area (Å²) < 4.78 is 24.6. The van der Waals surface area contributed by atoms with E-state index >= 15 is 0 Å². The number of carboxylic acids is 1. The molecule has 37 heavy (non-hydrogen) atoms. The molecule has 0 amide bonds. The van der Waals surface area contributed by atoms with E-state index in [1.165, 1.54) is 0 Å². The Bertz CT molecular complexity index is 1390. The molecule has 4 rings (SSSR count). The first-order valence-corrected chi connectivity index (χ1v) is 13.0. The van der Waals surface area contributed by atoms with E-state index in [1.807, 2.05) is 60.7 Å². The van der Waals surface area contributed by atoms with Crippen LogP contribution >= 0.6 is 0 Å². The Labute approximate surface area is 218 Å². The molecular weight excluding hydrogens is 490 g/mol. The minimum absolute atomic E-state index is 0.0240. The average molecular weight is 519 g/mol. The summed E-state index contributed by atoms with van der Waals surface area (Å²) in [6.07, 6.45) is -0.256. The fourth-order valence-corrected chi connectivity index (χ4v) is 5.28. The van der Waals surface area contributed by atoms with Gasteiger partial charge < -0.3 is 14.6 Å². The van der Waals surface area contributed by atoms with E-state index in [2.05, 4.69) is 16.7 Å². The normalized spacial score (nSPS) is 15.7. The first kappa shape index (κ1) is 26.5. The lowest BCUT2D eigenvalue weighted by Gasteiger charge is -2.44. The van der Waals surface area contributed by atoms with Crippen molar-refractivity contribution in [2.75, 3.05) is 31.1 Å². The summed E-state index contributed by atoms with van der Waals surface area (Å²) in [5.74, 6) is 5.35. The van der Waals surface area contributed by atoms with Crippen LogP contribution < -0.4 is 4.90 Å². The zero-order valence-electron chi connectivity index (χ0n) is 20.7. The average Bonchev–Trinajstić information content (AvgIpc) is 2.87. The molecule has 1 fully saturated rings. The number of carboxylic acid groups (broad SMARTS) is 1. The Morgan fingerprint density at radius 3 is 2.30 bits per heavy atom. The van der Waals surface area contributed by atoms with Gasteiger partial charge in [-0.25, -0.2) is 5.01 Å². The van der Waals surface area contributed by atoms with Gasteiger partial charge in [0, 0.05) is 65.9 Å². The van der Waals surface area contributed by atoms with Crippen molar-refractivity contribution in [2.45, 2.75) is 26.3 Å². The smallest absolute Gasteiger partial charge is 0.305 e. The number of rotatable bonds is 7. The summed E-state index contributed by atoms with van der Waals surface area (Å²) in [5.41, 5.74) is 3.39. The lowest BCUT2D eigenvalue weighted by molar-refractivity contribution is -0.139. The second kappa shape index (κ2) is 11.7. The minimum atomic E-state index is -2.54. The highest BCUT2D eigenvalue weighted by Crippen LogP contribution is 2.22. The number of carbonyl (C=O) groups is 2. The molecule has 1 aliphatic rings. The number of hydrogen-bond donors (Lipinski definition) is 1. The van der Waals surface area contributed by atoms with Gasteiger partial charge in [0.25, 0.3) is 0 Å². The van der Waals surface area contributed by atoms with Crippen molar-refractivity contribution in [3.05, 3.63) is 77.4 Å². The summed E-state index contributed by atoms with van der Waals surface area (Å²) in [6, 6.07) is 18.8. The monoisotopic (exact) mass is 518 g/mol. The molecule has 192 valence electrons. The van der Waals surface area contributed by atoms with Gasteiger partial charge in [-0.2, -0.15) is 4.41 Å². The number of hydrazine groups is 1. The third-order valence-corrected chi connectivity index (χ3v) is 7.28. The van der Waals surface area contributed by atoms with Crippen molar-refractivity contribution in [1.29, 1.82) is 0 Å². The van der Waals surface area contributed by atoms with E-state index in [4.69, 9.17) is 5.11 Å². The number of benzene rings is 3.